The molecule has 16 heavy (non-hydrogen) atoms. The number of rotatable bonds is 4. The van der Waals surface area contributed by atoms with E-state index in [1.54, 1.807) is 0 Å². The van der Waals surface area contributed by atoms with Gasteiger partial charge in [-0.25, -0.2) is 4.79 Å². The zero-order valence-corrected chi connectivity index (χ0v) is 8.26. The van der Waals surface area contributed by atoms with Gasteiger partial charge in [0.25, 0.3) is 0 Å². The summed E-state index contributed by atoms with van der Waals surface area (Å²) in [5.74, 6) is -1.27. The predicted octanol–water partition coefficient (Wildman–Crippen LogP) is -3.11. The first-order chi connectivity index (χ1) is 7.47. The lowest BCUT2D eigenvalue weighted by Crippen LogP contribution is -2.59. The van der Waals surface area contributed by atoms with Crippen molar-refractivity contribution in [2.75, 3.05) is 13.2 Å². The number of carboxylic acid groups (broad SMARTS) is 1. The molecule has 1 aliphatic heterocycles. The SMILES string of the molecule is O=C(O)CO[C@H]1OC(CO)[C@@H](O)[C@H](O)C1O. The highest BCUT2D eigenvalue weighted by molar-refractivity contribution is 5.68. The summed E-state index contributed by atoms with van der Waals surface area (Å²) in [7, 11) is 0. The molecule has 2 unspecified atom stereocenters. The van der Waals surface area contributed by atoms with Gasteiger partial charge in [0.2, 0.25) is 0 Å². The Morgan fingerprint density at radius 2 is 1.81 bits per heavy atom. The molecular formula is C8H14O8. The maximum absolute atomic E-state index is 10.2. The Morgan fingerprint density at radius 3 is 2.31 bits per heavy atom. The number of aliphatic hydroxyl groups is 4. The third kappa shape index (κ3) is 2.88. The van der Waals surface area contributed by atoms with E-state index in [1.807, 2.05) is 0 Å². The molecule has 0 aromatic carbocycles. The highest BCUT2D eigenvalue weighted by Gasteiger charge is 2.44. The highest BCUT2D eigenvalue weighted by Crippen LogP contribution is 2.21. The molecule has 94 valence electrons. The maximum Gasteiger partial charge on any atom is 0.329 e. The molecule has 5 atom stereocenters. The molecule has 1 fully saturated rings. The highest BCUT2D eigenvalue weighted by atomic mass is 16.7. The summed E-state index contributed by atoms with van der Waals surface area (Å²) in [5, 5.41) is 45.3. The van der Waals surface area contributed by atoms with Crippen LogP contribution in [-0.4, -0.2) is 75.4 Å². The van der Waals surface area contributed by atoms with Gasteiger partial charge < -0.3 is 35.0 Å². The van der Waals surface area contributed by atoms with Crippen LogP contribution in [0, 0.1) is 0 Å². The summed E-state index contributed by atoms with van der Waals surface area (Å²) in [5.41, 5.74) is 0. The molecule has 0 amide bonds. The van der Waals surface area contributed by atoms with Crippen molar-refractivity contribution in [3.8, 4) is 0 Å². The van der Waals surface area contributed by atoms with E-state index in [-0.39, 0.29) is 0 Å². The molecule has 0 radical (unpaired) electrons. The zero-order chi connectivity index (χ0) is 12.3. The van der Waals surface area contributed by atoms with Crippen molar-refractivity contribution in [3.05, 3.63) is 0 Å². The van der Waals surface area contributed by atoms with Crippen molar-refractivity contribution in [1.82, 2.24) is 0 Å². The van der Waals surface area contributed by atoms with Crippen LogP contribution < -0.4 is 0 Å². The van der Waals surface area contributed by atoms with Crippen LogP contribution in [0.5, 0.6) is 0 Å². The van der Waals surface area contributed by atoms with Crippen LogP contribution in [-0.2, 0) is 14.3 Å². The Hall–Kier alpha value is -0.770. The number of aliphatic hydroxyl groups excluding tert-OH is 4. The Labute approximate surface area is 90.6 Å². The smallest absolute Gasteiger partial charge is 0.329 e. The van der Waals surface area contributed by atoms with Gasteiger partial charge in [0.05, 0.1) is 6.61 Å². The van der Waals surface area contributed by atoms with Crippen molar-refractivity contribution in [3.63, 3.8) is 0 Å². The third-order valence-corrected chi connectivity index (χ3v) is 2.22. The Bertz CT molecular complexity index is 242. The molecule has 0 spiro atoms. The molecule has 5 N–H and O–H groups in total. The first kappa shape index (κ1) is 13.3. The summed E-state index contributed by atoms with van der Waals surface area (Å²) < 4.78 is 9.54. The summed E-state index contributed by atoms with van der Waals surface area (Å²) in [6, 6.07) is 0. The van der Waals surface area contributed by atoms with Gasteiger partial charge in [0.15, 0.2) is 6.29 Å². The number of carboxylic acids is 1. The normalized spacial score (nSPS) is 39.6. The molecule has 0 aliphatic carbocycles. The molecule has 1 aliphatic rings. The van der Waals surface area contributed by atoms with Crippen LogP contribution in [0.4, 0.5) is 0 Å². The number of hydrogen-bond donors (Lipinski definition) is 5. The molecular weight excluding hydrogens is 224 g/mol. The van der Waals surface area contributed by atoms with E-state index >= 15 is 0 Å². The topological polar surface area (TPSA) is 137 Å². The second-order valence-corrected chi connectivity index (χ2v) is 3.40. The van der Waals surface area contributed by atoms with Crippen LogP contribution in [0.1, 0.15) is 0 Å². The van der Waals surface area contributed by atoms with Crippen molar-refractivity contribution in [2.45, 2.75) is 30.7 Å². The van der Waals surface area contributed by atoms with Crippen molar-refractivity contribution < 1.29 is 39.8 Å². The lowest BCUT2D eigenvalue weighted by atomic mass is 9.99. The minimum atomic E-state index is -1.57. The maximum atomic E-state index is 10.2. The van der Waals surface area contributed by atoms with Gasteiger partial charge in [-0.1, -0.05) is 0 Å². The number of hydrogen-bond acceptors (Lipinski definition) is 7. The lowest BCUT2D eigenvalue weighted by molar-refractivity contribution is -0.300. The van der Waals surface area contributed by atoms with E-state index in [2.05, 4.69) is 4.74 Å². The van der Waals surface area contributed by atoms with Gasteiger partial charge in [-0.2, -0.15) is 0 Å². The average Bonchev–Trinajstić information content (AvgIpc) is 2.25. The molecule has 1 rings (SSSR count). The summed E-state index contributed by atoms with van der Waals surface area (Å²) in [6.45, 7) is -1.30. The third-order valence-electron chi connectivity index (χ3n) is 2.22. The average molecular weight is 238 g/mol. The summed E-state index contributed by atoms with van der Waals surface area (Å²) in [4.78, 5) is 10.2. The Kier molecular flexibility index (Phi) is 4.59. The molecule has 0 saturated carbocycles. The molecule has 0 aromatic heterocycles. The molecule has 1 heterocycles. The quantitative estimate of drug-likeness (QED) is 0.347. The fourth-order valence-corrected chi connectivity index (χ4v) is 1.36. The van der Waals surface area contributed by atoms with Crippen molar-refractivity contribution in [2.24, 2.45) is 0 Å². The largest absolute Gasteiger partial charge is 0.480 e. The van der Waals surface area contributed by atoms with Gasteiger partial charge in [-0.15, -0.1) is 0 Å². The van der Waals surface area contributed by atoms with Gasteiger partial charge in [-0.05, 0) is 0 Å². The lowest BCUT2D eigenvalue weighted by Gasteiger charge is -2.39. The van der Waals surface area contributed by atoms with Crippen molar-refractivity contribution in [1.29, 1.82) is 0 Å². The number of carbonyl (C=O) groups is 1. The van der Waals surface area contributed by atoms with E-state index in [1.165, 1.54) is 0 Å². The summed E-state index contributed by atoms with van der Waals surface area (Å²) >= 11 is 0. The van der Waals surface area contributed by atoms with Crippen LogP contribution in [0.2, 0.25) is 0 Å². The Morgan fingerprint density at radius 1 is 1.19 bits per heavy atom. The monoisotopic (exact) mass is 238 g/mol. The minimum Gasteiger partial charge on any atom is -0.480 e. The first-order valence-electron chi connectivity index (χ1n) is 4.61. The predicted molar refractivity (Wildman–Crippen MR) is 47.4 cm³/mol. The summed E-state index contributed by atoms with van der Waals surface area (Å²) in [6.07, 6.45) is -7.12. The van der Waals surface area contributed by atoms with E-state index in [4.69, 9.17) is 14.9 Å². The minimum absolute atomic E-state index is 0.585. The van der Waals surface area contributed by atoms with Gasteiger partial charge >= 0.3 is 5.97 Å². The van der Waals surface area contributed by atoms with Crippen LogP contribution in [0.25, 0.3) is 0 Å². The van der Waals surface area contributed by atoms with E-state index in [0.717, 1.165) is 0 Å². The number of ether oxygens (including phenoxy) is 2. The fourth-order valence-electron chi connectivity index (χ4n) is 1.36. The van der Waals surface area contributed by atoms with Gasteiger partial charge in [0.1, 0.15) is 31.0 Å². The second-order valence-electron chi connectivity index (χ2n) is 3.40. The van der Waals surface area contributed by atoms with Crippen LogP contribution in [0.3, 0.4) is 0 Å². The van der Waals surface area contributed by atoms with Crippen LogP contribution in [0.15, 0.2) is 0 Å². The van der Waals surface area contributed by atoms with E-state index in [0.29, 0.717) is 0 Å². The van der Waals surface area contributed by atoms with Crippen LogP contribution >= 0.6 is 0 Å². The molecule has 8 heteroatoms. The number of aliphatic carboxylic acids is 1. The fraction of sp³-hybridized carbons (Fsp3) is 0.875. The zero-order valence-electron chi connectivity index (χ0n) is 8.26. The van der Waals surface area contributed by atoms with E-state index in [9.17, 15) is 20.1 Å². The first-order valence-corrected chi connectivity index (χ1v) is 4.61. The van der Waals surface area contributed by atoms with E-state index < -0.39 is 49.9 Å². The Balaban J connectivity index is 2.60. The molecule has 8 nitrogen and oxygen atoms in total. The standard InChI is InChI=1S/C8H14O8/c9-1-3-5(12)6(13)7(14)8(16-3)15-2-4(10)11/h3,5-9,12-14H,1-2H2,(H,10,11)/t3?,5-,6+,7?,8+/m1/s1. The molecule has 1 saturated heterocycles. The second kappa shape index (κ2) is 5.53. The van der Waals surface area contributed by atoms with Gasteiger partial charge in [0, 0.05) is 0 Å². The van der Waals surface area contributed by atoms with Gasteiger partial charge in [-0.3, -0.25) is 0 Å². The molecule has 0 aromatic rings. The molecule has 0 bridgehead atoms. The van der Waals surface area contributed by atoms with Crippen molar-refractivity contribution >= 4 is 5.97 Å².